The van der Waals surface area contributed by atoms with Gasteiger partial charge in [0.15, 0.2) is 11.7 Å². The van der Waals surface area contributed by atoms with Crippen molar-refractivity contribution < 1.29 is 35.1 Å². The van der Waals surface area contributed by atoms with Crippen LogP contribution in [0.15, 0.2) is 0 Å². The summed E-state index contributed by atoms with van der Waals surface area (Å²) < 4.78 is 4.48. The van der Waals surface area contributed by atoms with Crippen molar-refractivity contribution in [3.8, 4) is 0 Å². The van der Waals surface area contributed by atoms with Gasteiger partial charge in [0.1, 0.15) is 12.2 Å². The van der Waals surface area contributed by atoms with Gasteiger partial charge in [0.25, 0.3) is 0 Å². The van der Waals surface area contributed by atoms with Crippen LogP contribution >= 0.6 is 0 Å². The first kappa shape index (κ1) is 11.3. The third-order valence-electron chi connectivity index (χ3n) is 2.32. The van der Waals surface area contributed by atoms with E-state index in [1.807, 2.05) is 0 Å². The number of carbonyl (C=O) groups excluding carboxylic acids is 1. The molecule has 7 nitrogen and oxygen atoms in total. The molecule has 1 fully saturated rings. The van der Waals surface area contributed by atoms with Crippen LogP contribution in [0.5, 0.6) is 0 Å². The molecule has 1 aliphatic rings. The molecular weight excluding hydrogens is 196 g/mol. The summed E-state index contributed by atoms with van der Waals surface area (Å²) in [7, 11) is 0. The minimum Gasteiger partial charge on any atom is -0.449 e. The van der Waals surface area contributed by atoms with Gasteiger partial charge in [0.2, 0.25) is 0 Å². The van der Waals surface area contributed by atoms with Crippen molar-refractivity contribution in [1.29, 1.82) is 0 Å². The maximum atomic E-state index is 10.8. The van der Waals surface area contributed by atoms with Crippen LogP contribution in [0.1, 0.15) is 0 Å². The van der Waals surface area contributed by atoms with Crippen LogP contribution < -0.4 is 0 Å². The molecule has 0 aliphatic carbocycles. The number of esters is 1. The van der Waals surface area contributed by atoms with E-state index in [4.69, 9.17) is 15.3 Å². The minimum atomic E-state index is -2.04. The Morgan fingerprint density at radius 2 is 2.00 bits per heavy atom. The second-order valence-electron chi connectivity index (χ2n) is 3.12. The molecule has 0 bridgehead atoms. The van der Waals surface area contributed by atoms with Crippen LogP contribution in [0.2, 0.25) is 0 Å². The third-order valence-corrected chi connectivity index (χ3v) is 2.32. The van der Waals surface area contributed by atoms with Crippen molar-refractivity contribution in [1.82, 2.24) is 0 Å². The number of hydrogen-bond donors (Lipinski definition) is 5. The normalized spacial score (nSPS) is 39.6. The molecule has 1 heterocycles. The Labute approximate surface area is 79.2 Å². The number of cyclic esters (lactones) is 1. The third kappa shape index (κ3) is 1.39. The molecule has 0 radical (unpaired) electrons. The van der Waals surface area contributed by atoms with E-state index in [9.17, 15) is 15.0 Å². The van der Waals surface area contributed by atoms with E-state index in [-0.39, 0.29) is 0 Å². The summed E-state index contributed by atoms with van der Waals surface area (Å²) in [4.78, 5) is 10.8. The number of aliphatic hydroxyl groups is 5. The van der Waals surface area contributed by atoms with Crippen LogP contribution in [0.25, 0.3) is 0 Å². The Hall–Kier alpha value is -0.730. The molecule has 0 aromatic carbocycles. The van der Waals surface area contributed by atoms with E-state index in [0.29, 0.717) is 0 Å². The summed E-state index contributed by atoms with van der Waals surface area (Å²) in [6, 6.07) is 0. The van der Waals surface area contributed by atoms with Gasteiger partial charge in [-0.25, -0.2) is 4.79 Å². The summed E-state index contributed by atoms with van der Waals surface area (Å²) in [5, 5.41) is 45.2. The molecule has 14 heavy (non-hydrogen) atoms. The monoisotopic (exact) mass is 208 g/mol. The lowest BCUT2D eigenvalue weighted by atomic mass is 9.90. The van der Waals surface area contributed by atoms with E-state index >= 15 is 0 Å². The molecule has 0 amide bonds. The van der Waals surface area contributed by atoms with Gasteiger partial charge in [-0.05, 0) is 0 Å². The largest absolute Gasteiger partial charge is 0.449 e. The topological polar surface area (TPSA) is 127 Å². The van der Waals surface area contributed by atoms with E-state index in [1.165, 1.54) is 0 Å². The first-order valence-corrected chi connectivity index (χ1v) is 3.98. The van der Waals surface area contributed by atoms with E-state index in [1.54, 1.807) is 0 Å². The highest BCUT2D eigenvalue weighted by molar-refractivity contribution is 5.78. The molecule has 5 N–H and O–H groups in total. The lowest BCUT2D eigenvalue weighted by Crippen LogP contribution is -2.56. The molecule has 4 atom stereocenters. The summed E-state index contributed by atoms with van der Waals surface area (Å²) >= 11 is 0. The standard InChI is InChI=1S/C7H12O7/c8-1-3(10)7(2-9)5(12)4(11)6(13)14-7/h3-5,8-12H,1-2H2/t3-,4+,5+,7-/m1/s1. The van der Waals surface area contributed by atoms with Crippen molar-refractivity contribution in [2.24, 2.45) is 0 Å². The molecule has 0 spiro atoms. The summed E-state index contributed by atoms with van der Waals surface area (Å²) in [6.45, 7) is -1.70. The predicted molar refractivity (Wildman–Crippen MR) is 41.0 cm³/mol. The number of aliphatic hydroxyl groups excluding tert-OH is 5. The van der Waals surface area contributed by atoms with Crippen molar-refractivity contribution in [2.45, 2.75) is 23.9 Å². The lowest BCUT2D eigenvalue weighted by molar-refractivity contribution is -0.182. The average molecular weight is 208 g/mol. The zero-order valence-corrected chi connectivity index (χ0v) is 7.20. The highest BCUT2D eigenvalue weighted by Gasteiger charge is 2.58. The maximum Gasteiger partial charge on any atom is 0.338 e. The van der Waals surface area contributed by atoms with E-state index in [0.717, 1.165) is 0 Å². The van der Waals surface area contributed by atoms with Gasteiger partial charge in [-0.3, -0.25) is 0 Å². The second-order valence-corrected chi connectivity index (χ2v) is 3.12. The Morgan fingerprint density at radius 1 is 1.43 bits per heavy atom. The van der Waals surface area contributed by atoms with Crippen LogP contribution in [0.4, 0.5) is 0 Å². The zero-order valence-electron chi connectivity index (χ0n) is 7.20. The van der Waals surface area contributed by atoms with Gasteiger partial charge in [-0.2, -0.15) is 0 Å². The fourth-order valence-electron chi connectivity index (χ4n) is 1.35. The Balaban J connectivity index is 2.96. The number of carbonyl (C=O) groups is 1. The summed E-state index contributed by atoms with van der Waals surface area (Å²) in [5.74, 6) is -1.14. The number of hydrogen-bond acceptors (Lipinski definition) is 7. The van der Waals surface area contributed by atoms with Crippen LogP contribution in [0.3, 0.4) is 0 Å². The van der Waals surface area contributed by atoms with Crippen LogP contribution in [0, 0.1) is 0 Å². The van der Waals surface area contributed by atoms with Crippen LogP contribution in [-0.4, -0.2) is 68.6 Å². The SMILES string of the molecule is O=C1O[C@](CO)([C@H](O)CO)[C@@H](O)[C@@H]1O. The van der Waals surface area contributed by atoms with Gasteiger partial charge in [-0.15, -0.1) is 0 Å². The molecule has 1 aliphatic heterocycles. The van der Waals surface area contributed by atoms with Crippen molar-refractivity contribution in [3.05, 3.63) is 0 Å². The highest BCUT2D eigenvalue weighted by Crippen LogP contribution is 2.30. The molecule has 0 saturated carbocycles. The highest BCUT2D eigenvalue weighted by atomic mass is 16.6. The Kier molecular flexibility index (Phi) is 3.07. The van der Waals surface area contributed by atoms with Crippen molar-refractivity contribution in [2.75, 3.05) is 13.2 Å². The van der Waals surface area contributed by atoms with E-state index in [2.05, 4.69) is 4.74 Å². The minimum absolute atomic E-state index is 0.808. The Morgan fingerprint density at radius 3 is 2.29 bits per heavy atom. The molecule has 0 unspecified atom stereocenters. The average Bonchev–Trinajstić information content (AvgIpc) is 2.42. The molecule has 0 aromatic heterocycles. The van der Waals surface area contributed by atoms with Gasteiger partial charge in [0, 0.05) is 0 Å². The van der Waals surface area contributed by atoms with Gasteiger partial charge >= 0.3 is 5.97 Å². The Bertz CT molecular complexity index is 230. The first-order chi connectivity index (χ1) is 6.49. The molecular formula is C7H12O7. The second kappa shape index (κ2) is 3.79. The fourth-order valence-corrected chi connectivity index (χ4v) is 1.35. The molecule has 1 rings (SSSR count). The zero-order chi connectivity index (χ0) is 10.9. The van der Waals surface area contributed by atoms with Crippen molar-refractivity contribution in [3.63, 3.8) is 0 Å². The van der Waals surface area contributed by atoms with Crippen LogP contribution in [-0.2, 0) is 9.53 Å². The molecule has 7 heteroatoms. The van der Waals surface area contributed by atoms with Crippen molar-refractivity contribution >= 4 is 5.97 Å². The number of rotatable bonds is 3. The summed E-state index contributed by atoms with van der Waals surface area (Å²) in [5.41, 5.74) is -2.04. The molecule has 0 aromatic rings. The molecule has 82 valence electrons. The smallest absolute Gasteiger partial charge is 0.338 e. The predicted octanol–water partition coefficient (Wildman–Crippen LogP) is -3.65. The maximum absolute atomic E-state index is 10.8. The molecule has 1 saturated heterocycles. The van der Waals surface area contributed by atoms with E-state index < -0.39 is 43.1 Å². The lowest BCUT2D eigenvalue weighted by Gasteiger charge is -2.32. The summed E-state index contributed by atoms with van der Waals surface area (Å²) in [6.07, 6.45) is -5.23. The number of ether oxygens (including phenoxy) is 1. The quantitative estimate of drug-likeness (QED) is 0.302. The van der Waals surface area contributed by atoms with Gasteiger partial charge in [0.05, 0.1) is 13.2 Å². The fraction of sp³-hybridized carbons (Fsp3) is 0.857. The van der Waals surface area contributed by atoms with Gasteiger partial charge in [-0.1, -0.05) is 0 Å². The van der Waals surface area contributed by atoms with Gasteiger partial charge < -0.3 is 30.3 Å². The first-order valence-electron chi connectivity index (χ1n) is 3.98.